The molecule has 3 saturated heterocycles. The average Bonchev–Trinajstić information content (AvgIpc) is 2.38. The number of fused-ring (bicyclic) bond motifs is 3. The van der Waals surface area contributed by atoms with E-state index >= 15 is 0 Å². The zero-order valence-electron chi connectivity index (χ0n) is 12.2. The van der Waals surface area contributed by atoms with Crippen LogP contribution in [-0.2, 0) is 0 Å². The predicted molar refractivity (Wildman–Crippen MR) is 81.3 cm³/mol. The van der Waals surface area contributed by atoms with Crippen molar-refractivity contribution in [3.05, 3.63) is 0 Å². The molecule has 1 N–H and O–H groups in total. The second kappa shape index (κ2) is 8.39. The number of halogens is 1. The van der Waals surface area contributed by atoms with Crippen LogP contribution in [0, 0.1) is 5.92 Å². The van der Waals surface area contributed by atoms with Gasteiger partial charge in [0.1, 0.15) is 0 Å². The van der Waals surface area contributed by atoms with Crippen LogP contribution < -0.4 is 5.32 Å². The summed E-state index contributed by atoms with van der Waals surface area (Å²) < 4.78 is 0. The molecule has 0 saturated carbocycles. The summed E-state index contributed by atoms with van der Waals surface area (Å²) in [6, 6.07) is 0.768. The van der Waals surface area contributed by atoms with Gasteiger partial charge in [0.2, 0.25) is 0 Å². The second-order valence-electron chi connectivity index (χ2n) is 6.03. The Kier molecular flexibility index (Phi) is 7.59. The number of unbranched alkanes of at least 4 members (excludes halogenated alkanes) is 1. The van der Waals surface area contributed by atoms with E-state index in [9.17, 15) is 0 Å². The fraction of sp³-hybridized carbons (Fsp3) is 1.00. The first-order valence-electron chi connectivity index (χ1n) is 7.83. The van der Waals surface area contributed by atoms with E-state index < -0.39 is 0 Å². The highest BCUT2D eigenvalue weighted by molar-refractivity contribution is 5.85. The van der Waals surface area contributed by atoms with Gasteiger partial charge in [-0.15, -0.1) is 12.4 Å². The Morgan fingerprint density at radius 2 is 1.83 bits per heavy atom. The minimum Gasteiger partial charge on any atom is -0.299 e. The third-order valence-corrected chi connectivity index (χ3v) is 4.62. The molecule has 2 nitrogen and oxygen atoms in total. The number of piperidine rings is 3. The lowest BCUT2D eigenvalue weighted by molar-refractivity contribution is 0.0232. The van der Waals surface area contributed by atoms with Gasteiger partial charge in [-0.25, -0.2) is 0 Å². The van der Waals surface area contributed by atoms with Crippen molar-refractivity contribution in [1.82, 2.24) is 10.2 Å². The minimum atomic E-state index is 0. The maximum atomic E-state index is 3.95. The molecule has 108 valence electrons. The highest BCUT2D eigenvalue weighted by Crippen LogP contribution is 2.31. The van der Waals surface area contributed by atoms with Crippen molar-refractivity contribution in [2.24, 2.45) is 5.92 Å². The van der Waals surface area contributed by atoms with E-state index in [-0.39, 0.29) is 12.4 Å². The zero-order chi connectivity index (χ0) is 12.1. The molecule has 3 aliphatic heterocycles. The van der Waals surface area contributed by atoms with Crippen LogP contribution in [-0.4, -0.2) is 30.2 Å². The van der Waals surface area contributed by atoms with E-state index in [4.69, 9.17) is 0 Å². The maximum absolute atomic E-state index is 3.95. The van der Waals surface area contributed by atoms with E-state index in [1.807, 2.05) is 0 Å². The summed E-state index contributed by atoms with van der Waals surface area (Å²) in [6.45, 7) is 7.30. The lowest BCUT2D eigenvalue weighted by atomic mass is 9.86. The van der Waals surface area contributed by atoms with Gasteiger partial charge in [-0.1, -0.05) is 33.1 Å². The predicted octanol–water partition coefficient (Wildman–Crippen LogP) is 3.80. The number of hydrogen-bond acceptors (Lipinski definition) is 2. The Morgan fingerprint density at radius 1 is 1.11 bits per heavy atom. The SMILES string of the molecule is CCCCC(CCC)NC1CC2CCN1CC2.Cl. The second-order valence-corrected chi connectivity index (χ2v) is 6.03. The highest BCUT2D eigenvalue weighted by atomic mass is 35.5. The Hall–Kier alpha value is 0.210. The van der Waals surface area contributed by atoms with Crippen LogP contribution in [0.5, 0.6) is 0 Å². The van der Waals surface area contributed by atoms with Gasteiger partial charge in [-0.3, -0.25) is 10.2 Å². The first-order valence-corrected chi connectivity index (χ1v) is 7.83. The molecule has 2 atom stereocenters. The molecule has 18 heavy (non-hydrogen) atoms. The summed E-state index contributed by atoms with van der Waals surface area (Å²) in [5, 5.41) is 3.95. The number of nitrogens with one attached hydrogen (secondary N) is 1. The van der Waals surface area contributed by atoms with E-state index in [0.29, 0.717) is 6.17 Å². The molecule has 0 aromatic rings. The lowest BCUT2D eigenvalue weighted by Gasteiger charge is -2.47. The quantitative estimate of drug-likeness (QED) is 0.760. The van der Waals surface area contributed by atoms with Crippen molar-refractivity contribution < 1.29 is 0 Å². The summed E-state index contributed by atoms with van der Waals surface area (Å²) in [7, 11) is 0. The molecule has 3 heteroatoms. The molecule has 0 spiro atoms. The first-order chi connectivity index (χ1) is 8.33. The molecule has 0 radical (unpaired) electrons. The van der Waals surface area contributed by atoms with Gasteiger partial charge < -0.3 is 0 Å². The van der Waals surface area contributed by atoms with Crippen molar-refractivity contribution in [3.8, 4) is 0 Å². The van der Waals surface area contributed by atoms with Crippen LogP contribution in [0.25, 0.3) is 0 Å². The van der Waals surface area contributed by atoms with E-state index in [1.165, 1.54) is 64.5 Å². The molecule has 0 aliphatic carbocycles. The van der Waals surface area contributed by atoms with Crippen molar-refractivity contribution in [2.75, 3.05) is 13.1 Å². The Labute approximate surface area is 119 Å². The minimum absolute atomic E-state index is 0. The van der Waals surface area contributed by atoms with Crippen molar-refractivity contribution in [2.45, 2.75) is 77.4 Å². The van der Waals surface area contributed by atoms with Gasteiger partial charge >= 0.3 is 0 Å². The number of hydrogen-bond donors (Lipinski definition) is 1. The van der Waals surface area contributed by atoms with Crippen LogP contribution in [0.1, 0.15) is 65.2 Å². The summed E-state index contributed by atoms with van der Waals surface area (Å²) in [4.78, 5) is 2.69. The topological polar surface area (TPSA) is 15.3 Å². The van der Waals surface area contributed by atoms with Crippen LogP contribution in [0.15, 0.2) is 0 Å². The molecule has 3 aliphatic rings. The largest absolute Gasteiger partial charge is 0.299 e. The summed E-state index contributed by atoms with van der Waals surface area (Å²) in [6.07, 6.45) is 11.8. The number of rotatable bonds is 7. The average molecular weight is 275 g/mol. The molecule has 2 bridgehead atoms. The third kappa shape index (κ3) is 4.40. The molecular formula is C15H31ClN2. The third-order valence-electron chi connectivity index (χ3n) is 4.62. The smallest absolute Gasteiger partial charge is 0.0601 e. The van der Waals surface area contributed by atoms with Crippen molar-refractivity contribution in [1.29, 1.82) is 0 Å². The Bertz CT molecular complexity index is 215. The van der Waals surface area contributed by atoms with Gasteiger partial charge in [-0.2, -0.15) is 0 Å². The van der Waals surface area contributed by atoms with Crippen molar-refractivity contribution in [3.63, 3.8) is 0 Å². The van der Waals surface area contributed by atoms with Gasteiger partial charge in [0.15, 0.2) is 0 Å². The maximum Gasteiger partial charge on any atom is 0.0601 e. The fourth-order valence-corrected chi connectivity index (χ4v) is 3.52. The van der Waals surface area contributed by atoms with Crippen LogP contribution in [0.3, 0.4) is 0 Å². The number of nitrogens with zero attached hydrogens (tertiary/aromatic N) is 1. The Morgan fingerprint density at radius 3 is 2.33 bits per heavy atom. The van der Waals surface area contributed by atoms with Gasteiger partial charge in [0, 0.05) is 6.04 Å². The summed E-state index contributed by atoms with van der Waals surface area (Å²) >= 11 is 0. The molecule has 0 aromatic carbocycles. The molecular weight excluding hydrogens is 244 g/mol. The van der Waals surface area contributed by atoms with Gasteiger partial charge in [-0.05, 0) is 51.1 Å². The lowest BCUT2D eigenvalue weighted by Crippen LogP contribution is -2.57. The van der Waals surface area contributed by atoms with E-state index in [0.717, 1.165) is 12.0 Å². The first kappa shape index (κ1) is 16.3. The molecule has 3 rings (SSSR count). The van der Waals surface area contributed by atoms with Gasteiger partial charge in [0.25, 0.3) is 0 Å². The fourth-order valence-electron chi connectivity index (χ4n) is 3.52. The summed E-state index contributed by atoms with van der Waals surface area (Å²) in [5.74, 6) is 1.02. The molecule has 0 amide bonds. The Balaban J connectivity index is 0.00000162. The normalized spacial score (nSPS) is 32.0. The van der Waals surface area contributed by atoms with Crippen LogP contribution >= 0.6 is 12.4 Å². The zero-order valence-corrected chi connectivity index (χ0v) is 13.0. The summed E-state index contributed by atoms with van der Waals surface area (Å²) in [5.41, 5.74) is 0. The molecule has 0 aromatic heterocycles. The van der Waals surface area contributed by atoms with Crippen LogP contribution in [0.4, 0.5) is 0 Å². The molecule has 3 fully saturated rings. The standard InChI is InChI=1S/C15H30N2.ClH/c1-3-5-7-14(6-4-2)16-15-12-13-8-10-17(15)11-9-13;/h13-16H,3-12H2,1-2H3;1H. The van der Waals surface area contributed by atoms with E-state index in [1.54, 1.807) is 0 Å². The van der Waals surface area contributed by atoms with E-state index in [2.05, 4.69) is 24.1 Å². The highest BCUT2D eigenvalue weighted by Gasteiger charge is 2.33. The molecule has 3 heterocycles. The van der Waals surface area contributed by atoms with Crippen molar-refractivity contribution >= 4 is 12.4 Å². The van der Waals surface area contributed by atoms with Gasteiger partial charge in [0.05, 0.1) is 6.17 Å². The molecule has 2 unspecified atom stereocenters. The van der Waals surface area contributed by atoms with Crippen LogP contribution in [0.2, 0.25) is 0 Å². The monoisotopic (exact) mass is 274 g/mol.